The molecule has 0 radical (unpaired) electrons. The number of hydrogen-bond donors (Lipinski definition) is 3. The van der Waals surface area contributed by atoms with Gasteiger partial charge in [0.15, 0.2) is 0 Å². The van der Waals surface area contributed by atoms with Gasteiger partial charge in [-0.05, 0) is 37.1 Å². The van der Waals surface area contributed by atoms with E-state index in [4.69, 9.17) is 5.84 Å². The Labute approximate surface area is 111 Å². The van der Waals surface area contributed by atoms with Crippen molar-refractivity contribution in [3.8, 4) is 0 Å². The number of para-hydroxylation sites is 1. The maximum atomic E-state index is 12.1. The lowest BCUT2D eigenvalue weighted by atomic mass is 10.1. The van der Waals surface area contributed by atoms with Crippen molar-refractivity contribution < 1.29 is 4.79 Å². The van der Waals surface area contributed by atoms with Gasteiger partial charge in [-0.25, -0.2) is 10.8 Å². The number of aryl methyl sites for hydroxylation is 2. The molecule has 0 atom stereocenters. The molecule has 4 N–H and O–H groups in total. The Morgan fingerprint density at radius 2 is 1.74 bits per heavy atom. The van der Waals surface area contributed by atoms with E-state index in [1.807, 2.05) is 32.0 Å². The lowest BCUT2D eigenvalue weighted by molar-refractivity contribution is 0.102. The first-order valence-corrected chi connectivity index (χ1v) is 5.93. The molecule has 0 unspecified atom stereocenters. The fraction of sp³-hybridized carbons (Fsp3) is 0.143. The highest BCUT2D eigenvalue weighted by molar-refractivity contribution is 6.03. The highest BCUT2D eigenvalue weighted by Crippen LogP contribution is 2.20. The zero-order valence-corrected chi connectivity index (χ0v) is 10.9. The summed E-state index contributed by atoms with van der Waals surface area (Å²) in [6.45, 7) is 3.90. The second kappa shape index (κ2) is 5.49. The van der Waals surface area contributed by atoms with Gasteiger partial charge in [0.25, 0.3) is 5.91 Å². The van der Waals surface area contributed by atoms with Crippen molar-refractivity contribution in [3.05, 3.63) is 53.2 Å². The standard InChI is InChI=1S/C14H16N4O/c1-9-5-3-6-10(2)13(9)17-14(19)11-7-4-8-12(16-11)18-15/h3-8H,15H2,1-2H3,(H,16,18)(H,17,19). The van der Waals surface area contributed by atoms with Crippen LogP contribution in [0.15, 0.2) is 36.4 Å². The molecule has 0 saturated heterocycles. The van der Waals surface area contributed by atoms with E-state index >= 15 is 0 Å². The Morgan fingerprint density at radius 1 is 1.11 bits per heavy atom. The molecule has 1 amide bonds. The Bertz CT molecular complexity index is 590. The lowest BCUT2D eigenvalue weighted by Gasteiger charge is -2.11. The van der Waals surface area contributed by atoms with Gasteiger partial charge in [-0.3, -0.25) is 4.79 Å². The number of rotatable bonds is 3. The molecule has 0 aliphatic heterocycles. The second-order valence-electron chi connectivity index (χ2n) is 4.27. The van der Waals surface area contributed by atoms with Crippen LogP contribution in [0.25, 0.3) is 0 Å². The fourth-order valence-electron chi connectivity index (χ4n) is 1.83. The quantitative estimate of drug-likeness (QED) is 0.581. The van der Waals surface area contributed by atoms with Gasteiger partial charge < -0.3 is 10.7 Å². The number of nitrogens with zero attached hydrogens (tertiary/aromatic N) is 1. The number of nitrogen functional groups attached to an aromatic ring is 1. The number of amides is 1. The first-order chi connectivity index (χ1) is 9.11. The van der Waals surface area contributed by atoms with E-state index in [-0.39, 0.29) is 5.91 Å². The maximum Gasteiger partial charge on any atom is 0.274 e. The minimum Gasteiger partial charge on any atom is -0.320 e. The van der Waals surface area contributed by atoms with Gasteiger partial charge >= 0.3 is 0 Å². The third-order valence-electron chi connectivity index (χ3n) is 2.85. The number of aromatic nitrogens is 1. The third kappa shape index (κ3) is 2.89. The van der Waals surface area contributed by atoms with E-state index in [0.29, 0.717) is 11.5 Å². The van der Waals surface area contributed by atoms with E-state index in [9.17, 15) is 4.79 Å². The highest BCUT2D eigenvalue weighted by Gasteiger charge is 2.11. The van der Waals surface area contributed by atoms with Crippen LogP contribution in [-0.2, 0) is 0 Å². The summed E-state index contributed by atoms with van der Waals surface area (Å²) in [7, 11) is 0. The number of carbonyl (C=O) groups is 1. The number of hydrazine groups is 1. The van der Waals surface area contributed by atoms with Crippen LogP contribution in [0.4, 0.5) is 11.5 Å². The summed E-state index contributed by atoms with van der Waals surface area (Å²) in [5.41, 5.74) is 5.59. The molecular formula is C14H16N4O. The predicted molar refractivity (Wildman–Crippen MR) is 75.9 cm³/mol. The number of benzene rings is 1. The molecule has 98 valence electrons. The van der Waals surface area contributed by atoms with Gasteiger partial charge in [0, 0.05) is 5.69 Å². The normalized spacial score (nSPS) is 10.1. The topological polar surface area (TPSA) is 80.0 Å². The molecule has 0 fully saturated rings. The number of hydrogen-bond acceptors (Lipinski definition) is 4. The van der Waals surface area contributed by atoms with Gasteiger partial charge in [0.1, 0.15) is 11.5 Å². The van der Waals surface area contributed by atoms with Crippen LogP contribution < -0.4 is 16.6 Å². The molecule has 5 heteroatoms. The Hall–Kier alpha value is -2.40. The molecule has 2 aromatic rings. The minimum atomic E-state index is -0.255. The monoisotopic (exact) mass is 256 g/mol. The van der Waals surface area contributed by atoms with E-state index in [1.54, 1.807) is 18.2 Å². The van der Waals surface area contributed by atoms with Crippen molar-refractivity contribution in [2.75, 3.05) is 10.7 Å². The number of nitrogens with one attached hydrogen (secondary N) is 2. The molecule has 5 nitrogen and oxygen atoms in total. The van der Waals surface area contributed by atoms with Crippen LogP contribution in [0.5, 0.6) is 0 Å². The van der Waals surface area contributed by atoms with Crippen LogP contribution in [0, 0.1) is 13.8 Å². The number of anilines is 2. The van der Waals surface area contributed by atoms with Crippen LogP contribution in [0.2, 0.25) is 0 Å². The third-order valence-corrected chi connectivity index (χ3v) is 2.85. The number of pyridine rings is 1. The molecule has 0 spiro atoms. The molecule has 0 aliphatic carbocycles. The van der Waals surface area contributed by atoms with Gasteiger partial charge in [0.05, 0.1) is 0 Å². The zero-order chi connectivity index (χ0) is 13.8. The zero-order valence-electron chi connectivity index (χ0n) is 10.9. The average Bonchev–Trinajstić information content (AvgIpc) is 2.43. The van der Waals surface area contributed by atoms with Crippen molar-refractivity contribution in [1.82, 2.24) is 4.98 Å². The summed E-state index contributed by atoms with van der Waals surface area (Å²) in [6.07, 6.45) is 0. The Morgan fingerprint density at radius 3 is 2.37 bits per heavy atom. The summed E-state index contributed by atoms with van der Waals surface area (Å²) in [5, 5.41) is 2.88. The van der Waals surface area contributed by atoms with Crippen LogP contribution in [-0.4, -0.2) is 10.9 Å². The first-order valence-electron chi connectivity index (χ1n) is 5.93. The van der Waals surface area contributed by atoms with Crippen LogP contribution in [0.3, 0.4) is 0 Å². The van der Waals surface area contributed by atoms with E-state index in [1.165, 1.54) is 0 Å². The summed E-state index contributed by atoms with van der Waals surface area (Å²) in [4.78, 5) is 16.2. The van der Waals surface area contributed by atoms with E-state index in [2.05, 4.69) is 15.7 Å². The average molecular weight is 256 g/mol. The van der Waals surface area contributed by atoms with Crippen LogP contribution >= 0.6 is 0 Å². The summed E-state index contributed by atoms with van der Waals surface area (Å²) in [5.74, 6) is 5.47. The molecular weight excluding hydrogens is 240 g/mol. The lowest BCUT2D eigenvalue weighted by Crippen LogP contribution is -2.17. The predicted octanol–water partition coefficient (Wildman–Crippen LogP) is 2.24. The van der Waals surface area contributed by atoms with Gasteiger partial charge in [-0.15, -0.1) is 0 Å². The van der Waals surface area contributed by atoms with Crippen molar-refractivity contribution in [2.45, 2.75) is 13.8 Å². The van der Waals surface area contributed by atoms with Crippen molar-refractivity contribution >= 4 is 17.4 Å². The van der Waals surface area contributed by atoms with Gasteiger partial charge in [-0.1, -0.05) is 24.3 Å². The molecule has 1 aromatic heterocycles. The molecule has 0 saturated carbocycles. The molecule has 0 bridgehead atoms. The highest BCUT2D eigenvalue weighted by atomic mass is 16.1. The van der Waals surface area contributed by atoms with Crippen molar-refractivity contribution in [1.29, 1.82) is 0 Å². The minimum absolute atomic E-state index is 0.255. The van der Waals surface area contributed by atoms with E-state index in [0.717, 1.165) is 16.8 Å². The molecule has 0 aliphatic rings. The van der Waals surface area contributed by atoms with Crippen molar-refractivity contribution in [3.63, 3.8) is 0 Å². The summed E-state index contributed by atoms with van der Waals surface area (Å²) >= 11 is 0. The smallest absolute Gasteiger partial charge is 0.274 e. The number of carbonyl (C=O) groups excluding carboxylic acids is 1. The fourth-order valence-corrected chi connectivity index (χ4v) is 1.83. The maximum absolute atomic E-state index is 12.1. The number of nitrogens with two attached hydrogens (primary N) is 1. The van der Waals surface area contributed by atoms with Gasteiger partial charge in [-0.2, -0.15) is 0 Å². The Kier molecular flexibility index (Phi) is 3.77. The molecule has 2 rings (SSSR count). The SMILES string of the molecule is Cc1cccc(C)c1NC(=O)c1cccc(NN)n1. The molecule has 1 heterocycles. The first kappa shape index (κ1) is 13.0. The Balaban J connectivity index is 2.25. The van der Waals surface area contributed by atoms with Crippen LogP contribution in [0.1, 0.15) is 21.6 Å². The largest absolute Gasteiger partial charge is 0.320 e. The summed E-state index contributed by atoms with van der Waals surface area (Å²) < 4.78 is 0. The molecule has 1 aromatic carbocycles. The molecule has 19 heavy (non-hydrogen) atoms. The van der Waals surface area contributed by atoms with E-state index < -0.39 is 0 Å². The van der Waals surface area contributed by atoms with Crippen molar-refractivity contribution in [2.24, 2.45) is 5.84 Å². The second-order valence-corrected chi connectivity index (χ2v) is 4.27. The van der Waals surface area contributed by atoms with Gasteiger partial charge in [0.2, 0.25) is 0 Å². The summed E-state index contributed by atoms with van der Waals surface area (Å²) in [6, 6.07) is 10.9.